The fourth-order valence-corrected chi connectivity index (χ4v) is 3.76. The smallest absolute Gasteiger partial charge is 0.350 e. The molecule has 5 rings (SSSR count). The van der Waals surface area contributed by atoms with Crippen LogP contribution in [0.1, 0.15) is 19.3 Å². The van der Waals surface area contributed by atoms with Crippen LogP contribution >= 0.6 is 11.3 Å². The first-order valence-corrected chi connectivity index (χ1v) is 10.0. The van der Waals surface area contributed by atoms with Crippen LogP contribution in [0.25, 0.3) is 22.1 Å². The Morgan fingerprint density at radius 1 is 0.710 bits per heavy atom. The van der Waals surface area contributed by atoms with Crippen LogP contribution in [-0.2, 0) is 22.9 Å². The van der Waals surface area contributed by atoms with Crippen molar-refractivity contribution in [2.75, 3.05) is 0 Å². The van der Waals surface area contributed by atoms with Crippen LogP contribution in [0.2, 0.25) is 0 Å². The summed E-state index contributed by atoms with van der Waals surface area (Å²) in [4.78, 5) is 25.3. The molecule has 0 aliphatic rings. The lowest BCUT2D eigenvalue weighted by atomic mass is 10.3. The zero-order chi connectivity index (χ0) is 21.2. The second-order valence-electron chi connectivity index (χ2n) is 6.44. The summed E-state index contributed by atoms with van der Waals surface area (Å²) in [6, 6.07) is 17.8. The highest BCUT2D eigenvalue weighted by Crippen LogP contribution is 2.20. The number of benzene rings is 2. The second kappa shape index (κ2) is 7.95. The van der Waals surface area contributed by atoms with Crippen LogP contribution in [0.3, 0.4) is 0 Å². The first-order chi connectivity index (χ1) is 15.2. The van der Waals surface area contributed by atoms with Gasteiger partial charge in [-0.05, 0) is 36.4 Å². The molecular weight excluding hydrogens is 420 g/mol. The summed E-state index contributed by atoms with van der Waals surface area (Å²) in [6.07, 6.45) is 0. The van der Waals surface area contributed by atoms with Gasteiger partial charge in [0.05, 0.1) is 11.0 Å². The molecule has 0 spiro atoms. The number of ether oxygens (including phenoxy) is 2. The molecule has 2 aromatic carbocycles. The summed E-state index contributed by atoms with van der Waals surface area (Å²) in [5.74, 6) is -1.13. The SMILES string of the molecule is O=C(OCn1nnc2ccccc21)c1ccc(C(=O)OCn2nnc3ccccc32)s1. The molecule has 0 bridgehead atoms. The Kier molecular flexibility index (Phi) is 4.84. The third kappa shape index (κ3) is 3.73. The lowest BCUT2D eigenvalue weighted by Crippen LogP contribution is -2.10. The van der Waals surface area contributed by atoms with Gasteiger partial charge in [0.25, 0.3) is 0 Å². The maximum Gasteiger partial charge on any atom is 0.350 e. The average Bonchev–Trinajstić information content (AvgIpc) is 3.54. The van der Waals surface area contributed by atoms with Crippen molar-refractivity contribution in [3.8, 4) is 0 Å². The molecule has 3 heterocycles. The van der Waals surface area contributed by atoms with Crippen LogP contribution in [0.4, 0.5) is 0 Å². The Balaban J connectivity index is 1.20. The number of carbonyl (C=O) groups is 2. The molecule has 10 nitrogen and oxygen atoms in total. The number of hydrogen-bond acceptors (Lipinski definition) is 9. The largest absolute Gasteiger partial charge is 0.438 e. The van der Waals surface area contributed by atoms with E-state index in [0.29, 0.717) is 11.0 Å². The van der Waals surface area contributed by atoms with Crippen LogP contribution in [-0.4, -0.2) is 41.9 Å². The fourth-order valence-electron chi connectivity index (χ4n) is 2.96. The third-order valence-corrected chi connectivity index (χ3v) is 5.53. The van der Waals surface area contributed by atoms with E-state index in [-0.39, 0.29) is 23.2 Å². The molecule has 0 amide bonds. The van der Waals surface area contributed by atoms with Gasteiger partial charge in [-0.1, -0.05) is 34.7 Å². The van der Waals surface area contributed by atoms with Gasteiger partial charge in [0.2, 0.25) is 0 Å². The summed E-state index contributed by atoms with van der Waals surface area (Å²) in [7, 11) is 0. The summed E-state index contributed by atoms with van der Waals surface area (Å²) in [5, 5.41) is 16.0. The predicted molar refractivity (Wildman–Crippen MR) is 110 cm³/mol. The molecule has 31 heavy (non-hydrogen) atoms. The van der Waals surface area contributed by atoms with E-state index in [2.05, 4.69) is 20.6 Å². The number of carbonyl (C=O) groups excluding carboxylic acids is 2. The molecule has 0 N–H and O–H groups in total. The third-order valence-electron chi connectivity index (χ3n) is 4.48. The molecule has 0 saturated heterocycles. The van der Waals surface area contributed by atoms with E-state index < -0.39 is 11.9 Å². The van der Waals surface area contributed by atoms with Crippen LogP contribution in [0, 0.1) is 0 Å². The van der Waals surface area contributed by atoms with Gasteiger partial charge in [0, 0.05) is 0 Å². The Morgan fingerprint density at radius 2 is 1.16 bits per heavy atom. The number of rotatable bonds is 6. The fraction of sp³-hybridized carbons (Fsp3) is 0.100. The van der Waals surface area contributed by atoms with Crippen molar-refractivity contribution in [1.82, 2.24) is 30.0 Å². The molecule has 0 unspecified atom stereocenters. The maximum absolute atomic E-state index is 12.4. The van der Waals surface area contributed by atoms with E-state index >= 15 is 0 Å². The van der Waals surface area contributed by atoms with Crippen LogP contribution in [0.5, 0.6) is 0 Å². The van der Waals surface area contributed by atoms with Crippen molar-refractivity contribution in [3.63, 3.8) is 0 Å². The summed E-state index contributed by atoms with van der Waals surface area (Å²) >= 11 is 0.991. The Hall–Kier alpha value is -4.12. The standard InChI is InChI=1S/C20H14N6O4S/c27-19(29-11-25-15-7-3-1-5-13(15)21-23-25)17-9-10-18(31-17)20(28)30-12-26-16-8-4-2-6-14(16)22-24-26/h1-10H,11-12H2. The predicted octanol–water partition coefficient (Wildman–Crippen LogP) is 2.87. The lowest BCUT2D eigenvalue weighted by molar-refractivity contribution is 0.0354. The highest BCUT2D eigenvalue weighted by molar-refractivity contribution is 7.15. The molecule has 0 radical (unpaired) electrons. The Bertz CT molecular complexity index is 1300. The van der Waals surface area contributed by atoms with Crippen molar-refractivity contribution in [1.29, 1.82) is 0 Å². The van der Waals surface area contributed by atoms with E-state index in [1.165, 1.54) is 21.5 Å². The first-order valence-electron chi connectivity index (χ1n) is 9.19. The van der Waals surface area contributed by atoms with E-state index in [9.17, 15) is 9.59 Å². The molecule has 0 aliphatic carbocycles. The quantitative estimate of drug-likeness (QED) is 0.375. The summed E-state index contributed by atoms with van der Waals surface area (Å²) in [5.41, 5.74) is 2.93. The van der Waals surface area contributed by atoms with E-state index in [1.54, 1.807) is 0 Å². The maximum atomic E-state index is 12.4. The highest BCUT2D eigenvalue weighted by Gasteiger charge is 2.17. The van der Waals surface area contributed by atoms with Crippen molar-refractivity contribution in [2.24, 2.45) is 0 Å². The minimum Gasteiger partial charge on any atom is -0.438 e. The van der Waals surface area contributed by atoms with Crippen LogP contribution < -0.4 is 0 Å². The number of fused-ring (bicyclic) bond motifs is 2. The zero-order valence-electron chi connectivity index (χ0n) is 15.9. The van der Waals surface area contributed by atoms with E-state index in [4.69, 9.17) is 9.47 Å². The molecular formula is C20H14N6O4S. The van der Waals surface area contributed by atoms with E-state index in [1.807, 2.05) is 48.5 Å². The molecule has 0 atom stereocenters. The number of para-hydroxylation sites is 2. The monoisotopic (exact) mass is 434 g/mol. The minimum absolute atomic E-state index is 0.0869. The lowest BCUT2D eigenvalue weighted by Gasteiger charge is -2.04. The van der Waals surface area contributed by atoms with Crippen molar-refractivity contribution < 1.29 is 19.1 Å². The topological polar surface area (TPSA) is 114 Å². The van der Waals surface area contributed by atoms with Crippen molar-refractivity contribution >= 4 is 45.3 Å². The number of aromatic nitrogens is 6. The number of hydrogen-bond donors (Lipinski definition) is 0. The molecule has 11 heteroatoms. The van der Waals surface area contributed by atoms with Gasteiger partial charge in [0.15, 0.2) is 13.5 Å². The highest BCUT2D eigenvalue weighted by atomic mass is 32.1. The molecule has 3 aromatic heterocycles. The molecule has 0 fully saturated rings. The van der Waals surface area contributed by atoms with Gasteiger partial charge >= 0.3 is 11.9 Å². The summed E-state index contributed by atoms with van der Waals surface area (Å²) < 4.78 is 13.6. The Labute approximate surface area is 178 Å². The van der Waals surface area contributed by atoms with Crippen molar-refractivity contribution in [3.05, 3.63) is 70.4 Å². The van der Waals surface area contributed by atoms with E-state index in [0.717, 1.165) is 22.4 Å². The minimum atomic E-state index is -0.564. The van der Waals surface area contributed by atoms with Gasteiger partial charge < -0.3 is 9.47 Å². The normalized spacial score (nSPS) is 11.1. The number of esters is 2. The molecule has 5 aromatic rings. The van der Waals surface area contributed by atoms with Gasteiger partial charge in [-0.3, -0.25) is 0 Å². The Morgan fingerprint density at radius 3 is 1.65 bits per heavy atom. The van der Waals surface area contributed by atoms with Gasteiger partial charge in [-0.15, -0.1) is 21.5 Å². The first kappa shape index (κ1) is 18.9. The van der Waals surface area contributed by atoms with Gasteiger partial charge in [-0.25, -0.2) is 19.0 Å². The molecule has 0 saturated carbocycles. The number of nitrogens with zero attached hydrogens (tertiary/aromatic N) is 6. The molecule has 154 valence electrons. The van der Waals surface area contributed by atoms with Crippen molar-refractivity contribution in [2.45, 2.75) is 13.5 Å². The number of thiophene rings is 1. The van der Waals surface area contributed by atoms with Crippen LogP contribution in [0.15, 0.2) is 60.7 Å². The van der Waals surface area contributed by atoms with Gasteiger partial charge in [0.1, 0.15) is 20.8 Å². The van der Waals surface area contributed by atoms with Gasteiger partial charge in [-0.2, -0.15) is 0 Å². The summed E-state index contributed by atoms with van der Waals surface area (Å²) in [6.45, 7) is -0.174. The second-order valence-corrected chi connectivity index (χ2v) is 7.52. The zero-order valence-corrected chi connectivity index (χ0v) is 16.7. The molecule has 0 aliphatic heterocycles. The average molecular weight is 434 g/mol.